The van der Waals surface area contributed by atoms with E-state index in [0.717, 1.165) is 16.8 Å². The molecule has 3 N–H and O–H groups in total. The summed E-state index contributed by atoms with van der Waals surface area (Å²) in [5, 5.41) is 3.44. The number of nitrogens with one attached hydrogen (secondary N) is 1. The molecule has 0 bridgehead atoms. The first-order valence-corrected chi connectivity index (χ1v) is 5.95. The van der Waals surface area contributed by atoms with Crippen molar-refractivity contribution in [3.63, 3.8) is 0 Å². The molecule has 0 saturated heterocycles. The normalized spacial score (nSPS) is 11.3. The van der Waals surface area contributed by atoms with E-state index >= 15 is 0 Å². The minimum Gasteiger partial charge on any atom is -0.389 e. The van der Waals surface area contributed by atoms with Crippen LogP contribution >= 0.6 is 12.2 Å². The largest absolute Gasteiger partial charge is 0.389 e. The van der Waals surface area contributed by atoms with Crippen LogP contribution in [-0.2, 0) is 4.74 Å². The third-order valence-corrected chi connectivity index (χ3v) is 2.73. The Morgan fingerprint density at radius 3 is 2.65 bits per heavy atom. The zero-order valence-electron chi connectivity index (χ0n) is 10.8. The molecule has 0 aromatic heterocycles. The van der Waals surface area contributed by atoms with E-state index in [4.69, 9.17) is 22.7 Å². The molecular formula is C13H20N2OS. The van der Waals surface area contributed by atoms with Gasteiger partial charge in [-0.1, -0.05) is 24.4 Å². The van der Waals surface area contributed by atoms with Gasteiger partial charge in [0.25, 0.3) is 0 Å². The summed E-state index contributed by atoms with van der Waals surface area (Å²) in [6.07, 6.45) is 0. The molecule has 94 valence electrons. The van der Waals surface area contributed by atoms with Crippen molar-refractivity contribution >= 4 is 22.9 Å². The van der Waals surface area contributed by atoms with Crippen LogP contribution in [0.15, 0.2) is 18.2 Å². The van der Waals surface area contributed by atoms with E-state index in [2.05, 4.69) is 19.2 Å². The van der Waals surface area contributed by atoms with Gasteiger partial charge in [0.15, 0.2) is 0 Å². The van der Waals surface area contributed by atoms with Gasteiger partial charge in [-0.15, -0.1) is 0 Å². The summed E-state index contributed by atoms with van der Waals surface area (Å²) < 4.78 is 5.19. The van der Waals surface area contributed by atoms with Crippen molar-refractivity contribution < 1.29 is 4.74 Å². The fraction of sp³-hybridized carbons (Fsp3) is 0.462. The standard InChI is InChI=1S/C13H20N2OS/c1-9-6-5-7-10(12(14)17)11(9)15-13(2,3)8-16-4/h5-7,15H,8H2,1-4H3,(H2,14,17). The maximum absolute atomic E-state index is 5.74. The average molecular weight is 252 g/mol. The number of benzene rings is 1. The number of aryl methyl sites for hydroxylation is 1. The number of methoxy groups -OCH3 is 1. The van der Waals surface area contributed by atoms with Gasteiger partial charge in [-0.25, -0.2) is 0 Å². The van der Waals surface area contributed by atoms with Gasteiger partial charge in [-0.05, 0) is 32.4 Å². The lowest BCUT2D eigenvalue weighted by molar-refractivity contribution is 0.158. The van der Waals surface area contributed by atoms with Crippen LogP contribution in [0.2, 0.25) is 0 Å². The third-order valence-electron chi connectivity index (χ3n) is 2.51. The zero-order chi connectivity index (χ0) is 13.1. The average Bonchev–Trinajstić information content (AvgIpc) is 2.20. The van der Waals surface area contributed by atoms with Crippen LogP contribution in [0.1, 0.15) is 25.0 Å². The Morgan fingerprint density at radius 1 is 1.47 bits per heavy atom. The SMILES string of the molecule is COCC(C)(C)Nc1c(C)cccc1C(N)=S. The predicted molar refractivity (Wildman–Crippen MR) is 76.6 cm³/mol. The lowest BCUT2D eigenvalue weighted by atomic mass is 10.0. The molecule has 0 aliphatic rings. The lowest BCUT2D eigenvalue weighted by Gasteiger charge is -2.29. The monoisotopic (exact) mass is 252 g/mol. The van der Waals surface area contributed by atoms with Crippen molar-refractivity contribution in [1.29, 1.82) is 0 Å². The minimum absolute atomic E-state index is 0.166. The van der Waals surface area contributed by atoms with E-state index in [0.29, 0.717) is 11.6 Å². The smallest absolute Gasteiger partial charge is 0.106 e. The van der Waals surface area contributed by atoms with Crippen molar-refractivity contribution in [3.8, 4) is 0 Å². The highest BCUT2D eigenvalue weighted by Gasteiger charge is 2.20. The van der Waals surface area contributed by atoms with Crippen LogP contribution in [0.4, 0.5) is 5.69 Å². The van der Waals surface area contributed by atoms with Crippen LogP contribution < -0.4 is 11.1 Å². The Labute approximate surface area is 108 Å². The second kappa shape index (κ2) is 5.47. The second-order valence-electron chi connectivity index (χ2n) is 4.80. The fourth-order valence-electron chi connectivity index (χ4n) is 1.77. The van der Waals surface area contributed by atoms with Gasteiger partial charge < -0.3 is 15.8 Å². The summed E-state index contributed by atoms with van der Waals surface area (Å²) in [5.74, 6) is 0. The summed E-state index contributed by atoms with van der Waals surface area (Å²) in [4.78, 5) is 0.407. The van der Waals surface area contributed by atoms with E-state index in [1.165, 1.54) is 0 Å². The summed E-state index contributed by atoms with van der Waals surface area (Å²) in [5.41, 5.74) is 8.56. The number of hydrogen-bond acceptors (Lipinski definition) is 3. The van der Waals surface area contributed by atoms with Crippen LogP contribution in [0.5, 0.6) is 0 Å². The first kappa shape index (κ1) is 13.9. The van der Waals surface area contributed by atoms with Gasteiger partial charge in [-0.3, -0.25) is 0 Å². The molecule has 0 spiro atoms. The number of rotatable bonds is 5. The number of anilines is 1. The molecule has 1 aromatic carbocycles. The molecule has 0 fully saturated rings. The Morgan fingerprint density at radius 2 is 2.12 bits per heavy atom. The predicted octanol–water partition coefficient (Wildman–Crippen LogP) is 2.47. The molecule has 3 nitrogen and oxygen atoms in total. The van der Waals surface area contributed by atoms with Crippen molar-refractivity contribution in [3.05, 3.63) is 29.3 Å². The van der Waals surface area contributed by atoms with Crippen molar-refractivity contribution in [1.82, 2.24) is 0 Å². The molecule has 0 amide bonds. The van der Waals surface area contributed by atoms with Crippen LogP contribution in [0.25, 0.3) is 0 Å². The second-order valence-corrected chi connectivity index (χ2v) is 5.24. The number of hydrogen-bond donors (Lipinski definition) is 2. The highest BCUT2D eigenvalue weighted by molar-refractivity contribution is 7.80. The number of ether oxygens (including phenoxy) is 1. The molecular weight excluding hydrogens is 232 g/mol. The minimum atomic E-state index is -0.166. The summed E-state index contributed by atoms with van der Waals surface area (Å²) in [6, 6.07) is 5.92. The highest BCUT2D eigenvalue weighted by Crippen LogP contribution is 2.24. The van der Waals surface area contributed by atoms with Gasteiger partial charge in [0.2, 0.25) is 0 Å². The molecule has 0 atom stereocenters. The maximum Gasteiger partial charge on any atom is 0.106 e. The molecule has 1 aromatic rings. The molecule has 0 saturated carbocycles. The van der Waals surface area contributed by atoms with Crippen LogP contribution in [0.3, 0.4) is 0 Å². The Kier molecular flexibility index (Phi) is 4.48. The van der Waals surface area contributed by atoms with Gasteiger partial charge in [0.05, 0.1) is 12.1 Å². The van der Waals surface area contributed by atoms with Gasteiger partial charge in [-0.2, -0.15) is 0 Å². The summed E-state index contributed by atoms with van der Waals surface area (Å²) in [6.45, 7) is 6.80. The Hall–Kier alpha value is -1.13. The molecule has 17 heavy (non-hydrogen) atoms. The molecule has 0 unspecified atom stereocenters. The Bertz CT molecular complexity index is 416. The van der Waals surface area contributed by atoms with Crippen molar-refractivity contribution in [2.75, 3.05) is 19.0 Å². The van der Waals surface area contributed by atoms with E-state index in [1.54, 1.807) is 7.11 Å². The Balaban J connectivity index is 3.08. The molecule has 0 heterocycles. The van der Waals surface area contributed by atoms with E-state index in [1.807, 2.05) is 25.1 Å². The molecule has 0 aliphatic heterocycles. The zero-order valence-corrected chi connectivity index (χ0v) is 11.6. The topological polar surface area (TPSA) is 47.3 Å². The molecule has 0 aliphatic carbocycles. The first-order valence-electron chi connectivity index (χ1n) is 5.54. The number of nitrogens with two attached hydrogens (primary N) is 1. The molecule has 4 heteroatoms. The van der Waals surface area contributed by atoms with Gasteiger partial charge in [0.1, 0.15) is 4.99 Å². The number of thiocarbonyl (C=S) groups is 1. The van der Waals surface area contributed by atoms with Crippen molar-refractivity contribution in [2.24, 2.45) is 5.73 Å². The number of para-hydroxylation sites is 1. The quantitative estimate of drug-likeness (QED) is 0.790. The van der Waals surface area contributed by atoms with Crippen LogP contribution in [0, 0.1) is 6.92 Å². The lowest BCUT2D eigenvalue weighted by Crippen LogP contribution is -2.37. The third kappa shape index (κ3) is 3.68. The summed E-state index contributed by atoms with van der Waals surface area (Å²) >= 11 is 5.07. The fourth-order valence-corrected chi connectivity index (χ4v) is 1.94. The molecule has 0 radical (unpaired) electrons. The highest BCUT2D eigenvalue weighted by atomic mass is 32.1. The van der Waals surface area contributed by atoms with Crippen LogP contribution in [-0.4, -0.2) is 24.2 Å². The summed E-state index contributed by atoms with van der Waals surface area (Å²) in [7, 11) is 1.69. The van der Waals surface area contributed by atoms with Gasteiger partial charge >= 0.3 is 0 Å². The van der Waals surface area contributed by atoms with E-state index in [9.17, 15) is 0 Å². The van der Waals surface area contributed by atoms with Crippen molar-refractivity contribution in [2.45, 2.75) is 26.3 Å². The van der Waals surface area contributed by atoms with E-state index < -0.39 is 0 Å². The first-order chi connectivity index (χ1) is 7.87. The maximum atomic E-state index is 5.74. The molecule has 1 rings (SSSR count). The van der Waals surface area contributed by atoms with Gasteiger partial charge in [0, 0.05) is 18.4 Å². The van der Waals surface area contributed by atoms with E-state index in [-0.39, 0.29) is 5.54 Å².